The van der Waals surface area contributed by atoms with Crippen LogP contribution in [0.2, 0.25) is 0 Å². The van der Waals surface area contributed by atoms with Crippen LogP contribution in [0.5, 0.6) is 0 Å². The van der Waals surface area contributed by atoms with E-state index < -0.39 is 0 Å². The predicted octanol–water partition coefficient (Wildman–Crippen LogP) is 2.16. The molecule has 1 aliphatic carbocycles. The normalized spacial score (nSPS) is 25.5. The molecule has 5 heteroatoms. The van der Waals surface area contributed by atoms with Crippen LogP contribution in [-0.4, -0.2) is 39.8 Å². The van der Waals surface area contributed by atoms with Gasteiger partial charge in [-0.05, 0) is 44.4 Å². The summed E-state index contributed by atoms with van der Waals surface area (Å²) in [5, 5.41) is 2.46. The highest BCUT2D eigenvalue weighted by Gasteiger charge is 2.22. The van der Waals surface area contributed by atoms with Crippen molar-refractivity contribution in [2.24, 2.45) is 11.8 Å². The lowest BCUT2D eigenvalue weighted by Gasteiger charge is -2.28. The minimum Gasteiger partial charge on any atom is -0.449 e. The largest absolute Gasteiger partial charge is 0.449 e. The van der Waals surface area contributed by atoms with Crippen molar-refractivity contribution in [2.75, 3.05) is 27.4 Å². The summed E-state index contributed by atoms with van der Waals surface area (Å²) in [6.07, 6.45) is 4.02. The molecule has 1 atom stereocenters. The van der Waals surface area contributed by atoms with Gasteiger partial charge in [-0.15, -0.1) is 0 Å². The fraction of sp³-hybridized carbons (Fsp3) is 0.923. The van der Waals surface area contributed by atoms with Crippen molar-refractivity contribution in [3.05, 3.63) is 0 Å². The number of ether oxygens (including phenoxy) is 3. The number of carbonyl (C=O) groups excluding carboxylic acids is 1. The summed E-state index contributed by atoms with van der Waals surface area (Å²) < 4.78 is 15.7. The van der Waals surface area contributed by atoms with Crippen LogP contribution in [0.3, 0.4) is 0 Å². The Balaban J connectivity index is 2.11. The molecule has 0 heterocycles. The molecule has 18 heavy (non-hydrogen) atoms. The first-order valence-electron chi connectivity index (χ1n) is 6.64. The van der Waals surface area contributed by atoms with Gasteiger partial charge in [-0.25, -0.2) is 4.79 Å². The summed E-state index contributed by atoms with van der Waals surface area (Å²) in [7, 11) is 3.23. The van der Waals surface area contributed by atoms with E-state index in [-0.39, 0.29) is 12.4 Å². The molecule has 1 fully saturated rings. The van der Waals surface area contributed by atoms with E-state index in [2.05, 4.69) is 5.32 Å². The average Bonchev–Trinajstić information content (AvgIpc) is 2.43. The Morgan fingerprint density at radius 1 is 1.22 bits per heavy atom. The van der Waals surface area contributed by atoms with Crippen LogP contribution in [0.25, 0.3) is 0 Å². The van der Waals surface area contributed by atoms with E-state index >= 15 is 0 Å². The predicted molar refractivity (Wildman–Crippen MR) is 68.3 cm³/mol. The third kappa shape index (κ3) is 5.69. The van der Waals surface area contributed by atoms with E-state index in [1.165, 1.54) is 0 Å². The highest BCUT2D eigenvalue weighted by Crippen LogP contribution is 2.29. The Kier molecular flexibility index (Phi) is 7.05. The Labute approximate surface area is 109 Å². The molecule has 1 rings (SSSR count). The standard InChI is InChI=1S/C13H25NO4/c1-10(16-3)17-8-11-4-6-12(7-5-11)9-18-13(15)14-2/h10-12H,4-9H2,1-3H3,(H,14,15). The molecular formula is C13H25NO4. The fourth-order valence-electron chi connectivity index (χ4n) is 2.17. The fourth-order valence-corrected chi connectivity index (χ4v) is 2.17. The minimum absolute atomic E-state index is 0.126. The molecule has 0 spiro atoms. The molecule has 0 aromatic rings. The molecule has 5 nitrogen and oxygen atoms in total. The lowest BCUT2D eigenvalue weighted by atomic mass is 9.83. The van der Waals surface area contributed by atoms with Gasteiger partial charge in [0.25, 0.3) is 0 Å². The van der Waals surface area contributed by atoms with E-state index in [0.717, 1.165) is 32.3 Å². The second kappa shape index (κ2) is 8.32. The summed E-state index contributed by atoms with van der Waals surface area (Å²) in [4.78, 5) is 11.0. The zero-order valence-electron chi connectivity index (χ0n) is 11.6. The Morgan fingerprint density at radius 2 is 1.78 bits per heavy atom. The second-order valence-corrected chi connectivity index (χ2v) is 4.87. The van der Waals surface area contributed by atoms with Crippen LogP contribution < -0.4 is 5.32 Å². The first-order valence-corrected chi connectivity index (χ1v) is 6.64. The highest BCUT2D eigenvalue weighted by molar-refractivity contribution is 5.66. The van der Waals surface area contributed by atoms with E-state index in [0.29, 0.717) is 18.4 Å². The lowest BCUT2D eigenvalue weighted by molar-refractivity contribution is -0.123. The molecule has 0 saturated heterocycles. The summed E-state index contributed by atoms with van der Waals surface area (Å²) in [6.45, 7) is 3.20. The molecule has 0 bridgehead atoms. The molecule has 0 aromatic heterocycles. The number of hydrogen-bond acceptors (Lipinski definition) is 4. The van der Waals surface area contributed by atoms with Gasteiger partial charge in [-0.2, -0.15) is 0 Å². The van der Waals surface area contributed by atoms with Gasteiger partial charge in [0.2, 0.25) is 0 Å². The first-order chi connectivity index (χ1) is 8.65. The van der Waals surface area contributed by atoms with Gasteiger partial charge < -0.3 is 19.5 Å². The molecule has 0 aliphatic heterocycles. The lowest BCUT2D eigenvalue weighted by Crippen LogP contribution is -2.26. The zero-order valence-corrected chi connectivity index (χ0v) is 11.6. The molecule has 1 amide bonds. The summed E-state index contributed by atoms with van der Waals surface area (Å²) in [5.41, 5.74) is 0. The van der Waals surface area contributed by atoms with Crippen molar-refractivity contribution in [1.82, 2.24) is 5.32 Å². The number of alkyl carbamates (subject to hydrolysis) is 1. The smallest absolute Gasteiger partial charge is 0.406 e. The maximum Gasteiger partial charge on any atom is 0.406 e. The molecule has 0 aromatic carbocycles. The van der Waals surface area contributed by atoms with Crippen LogP contribution in [0.15, 0.2) is 0 Å². The third-order valence-corrected chi connectivity index (χ3v) is 3.52. The highest BCUT2D eigenvalue weighted by atomic mass is 16.7. The van der Waals surface area contributed by atoms with Crippen molar-refractivity contribution in [1.29, 1.82) is 0 Å². The number of nitrogens with one attached hydrogen (secondary N) is 1. The van der Waals surface area contributed by atoms with Gasteiger partial charge >= 0.3 is 6.09 Å². The second-order valence-electron chi connectivity index (χ2n) is 4.87. The van der Waals surface area contributed by atoms with E-state index in [1.54, 1.807) is 14.2 Å². The number of methoxy groups -OCH3 is 1. The maximum absolute atomic E-state index is 11.0. The van der Waals surface area contributed by atoms with Gasteiger partial charge in [-0.1, -0.05) is 0 Å². The minimum atomic E-state index is -0.339. The SMILES string of the molecule is CNC(=O)OCC1CCC(COC(C)OC)CC1. The van der Waals surface area contributed by atoms with Gasteiger partial charge in [0.1, 0.15) is 0 Å². The van der Waals surface area contributed by atoms with Crippen molar-refractivity contribution in [2.45, 2.75) is 38.9 Å². The first kappa shape index (κ1) is 15.2. The summed E-state index contributed by atoms with van der Waals surface area (Å²) in [6, 6.07) is 0. The van der Waals surface area contributed by atoms with Crippen LogP contribution in [0.1, 0.15) is 32.6 Å². The molecule has 1 unspecified atom stereocenters. The van der Waals surface area contributed by atoms with Crippen LogP contribution in [0.4, 0.5) is 4.79 Å². The van der Waals surface area contributed by atoms with Crippen LogP contribution in [0, 0.1) is 11.8 Å². The van der Waals surface area contributed by atoms with E-state index in [9.17, 15) is 4.79 Å². The number of carbonyl (C=O) groups is 1. The van der Waals surface area contributed by atoms with Crippen molar-refractivity contribution >= 4 is 6.09 Å². The summed E-state index contributed by atoms with van der Waals surface area (Å²) >= 11 is 0. The van der Waals surface area contributed by atoms with Crippen LogP contribution >= 0.6 is 0 Å². The third-order valence-electron chi connectivity index (χ3n) is 3.52. The summed E-state index contributed by atoms with van der Waals surface area (Å²) in [5.74, 6) is 1.11. The van der Waals surface area contributed by atoms with Crippen molar-refractivity contribution in [3.63, 3.8) is 0 Å². The topological polar surface area (TPSA) is 56.8 Å². The van der Waals surface area contributed by atoms with Crippen LogP contribution in [-0.2, 0) is 14.2 Å². The number of hydrogen-bond donors (Lipinski definition) is 1. The van der Waals surface area contributed by atoms with E-state index in [4.69, 9.17) is 14.2 Å². The number of rotatable bonds is 6. The average molecular weight is 259 g/mol. The van der Waals surface area contributed by atoms with Crippen molar-refractivity contribution in [3.8, 4) is 0 Å². The monoisotopic (exact) mass is 259 g/mol. The van der Waals surface area contributed by atoms with Crippen molar-refractivity contribution < 1.29 is 19.0 Å². The quantitative estimate of drug-likeness (QED) is 0.743. The zero-order chi connectivity index (χ0) is 13.4. The van der Waals surface area contributed by atoms with E-state index in [1.807, 2.05) is 6.92 Å². The van der Waals surface area contributed by atoms with Gasteiger partial charge in [-0.3, -0.25) is 0 Å². The Morgan fingerprint density at radius 3 is 2.28 bits per heavy atom. The Hall–Kier alpha value is -0.810. The molecule has 1 saturated carbocycles. The van der Waals surface area contributed by atoms with Gasteiger partial charge in [0.05, 0.1) is 13.2 Å². The number of amides is 1. The molecule has 1 aliphatic rings. The van der Waals surface area contributed by atoms with Gasteiger partial charge in [0.15, 0.2) is 6.29 Å². The molecule has 1 N–H and O–H groups in total. The molecule has 106 valence electrons. The maximum atomic E-state index is 11.0. The Bertz CT molecular complexity index is 239. The molecular weight excluding hydrogens is 234 g/mol. The molecule has 0 radical (unpaired) electrons. The van der Waals surface area contributed by atoms with Gasteiger partial charge in [0, 0.05) is 14.2 Å².